The maximum atomic E-state index is 13.2. The molecule has 0 unspecified atom stereocenters. The first kappa shape index (κ1) is 14.9. The Kier molecular flexibility index (Phi) is 4.09. The summed E-state index contributed by atoms with van der Waals surface area (Å²) in [5.41, 5.74) is 1.32. The van der Waals surface area contributed by atoms with Crippen LogP contribution in [0.5, 0.6) is 0 Å². The average Bonchev–Trinajstić information content (AvgIpc) is 2.74. The number of aromatic amines is 1. The number of benzene rings is 1. The van der Waals surface area contributed by atoms with Crippen LogP contribution in [0.4, 0.5) is 13.2 Å². The van der Waals surface area contributed by atoms with E-state index in [4.69, 9.17) is 0 Å². The van der Waals surface area contributed by atoms with Crippen molar-refractivity contribution in [2.75, 3.05) is 20.6 Å². The van der Waals surface area contributed by atoms with Crippen LogP contribution in [0.25, 0.3) is 10.9 Å². The summed E-state index contributed by atoms with van der Waals surface area (Å²) in [6.07, 6.45) is -3.23. The van der Waals surface area contributed by atoms with E-state index in [0.717, 1.165) is 17.4 Å². The summed E-state index contributed by atoms with van der Waals surface area (Å²) >= 11 is 0. The molecular formula is C15H19F3N2. The van der Waals surface area contributed by atoms with E-state index >= 15 is 0 Å². The predicted molar refractivity (Wildman–Crippen MR) is 74.9 cm³/mol. The number of aryl methyl sites for hydroxylation is 1. The van der Waals surface area contributed by atoms with Gasteiger partial charge in [0.25, 0.3) is 0 Å². The van der Waals surface area contributed by atoms with Crippen LogP contribution in [0.15, 0.2) is 18.2 Å². The Morgan fingerprint density at radius 1 is 1.20 bits per heavy atom. The zero-order chi connectivity index (χ0) is 14.9. The second-order valence-corrected chi connectivity index (χ2v) is 5.22. The fourth-order valence-corrected chi connectivity index (χ4v) is 2.52. The van der Waals surface area contributed by atoms with Gasteiger partial charge in [-0.15, -0.1) is 0 Å². The number of alkyl halides is 3. The number of hydrogen-bond acceptors (Lipinski definition) is 1. The van der Waals surface area contributed by atoms with Gasteiger partial charge in [-0.05, 0) is 44.1 Å². The molecule has 0 spiro atoms. The van der Waals surface area contributed by atoms with Crippen molar-refractivity contribution in [2.45, 2.75) is 25.9 Å². The molecule has 1 heterocycles. The molecule has 0 saturated heterocycles. The quantitative estimate of drug-likeness (QED) is 0.903. The smallest absolute Gasteiger partial charge is 0.351 e. The van der Waals surface area contributed by atoms with Crippen molar-refractivity contribution in [3.8, 4) is 0 Å². The van der Waals surface area contributed by atoms with Crippen molar-refractivity contribution >= 4 is 10.9 Å². The first-order chi connectivity index (χ1) is 9.34. The van der Waals surface area contributed by atoms with Crippen molar-refractivity contribution in [1.82, 2.24) is 9.88 Å². The van der Waals surface area contributed by atoms with Gasteiger partial charge in [0.15, 0.2) is 0 Å². The van der Waals surface area contributed by atoms with E-state index < -0.39 is 11.9 Å². The number of hydrogen-bond donors (Lipinski definition) is 1. The third kappa shape index (κ3) is 2.82. The molecule has 110 valence electrons. The van der Waals surface area contributed by atoms with Crippen LogP contribution in [0.3, 0.4) is 0 Å². The largest absolute Gasteiger partial charge is 0.431 e. The lowest BCUT2D eigenvalue weighted by atomic mass is 10.0. The molecule has 0 saturated carbocycles. The van der Waals surface area contributed by atoms with E-state index in [0.29, 0.717) is 24.0 Å². The maximum Gasteiger partial charge on any atom is 0.431 e. The summed E-state index contributed by atoms with van der Waals surface area (Å²) < 4.78 is 39.6. The molecule has 0 atom stereocenters. The maximum absolute atomic E-state index is 13.2. The molecule has 2 nitrogen and oxygen atoms in total. The minimum absolute atomic E-state index is 0.388. The van der Waals surface area contributed by atoms with Crippen LogP contribution in [-0.2, 0) is 19.0 Å². The van der Waals surface area contributed by atoms with E-state index in [9.17, 15) is 13.2 Å². The van der Waals surface area contributed by atoms with Crippen LogP contribution in [0.2, 0.25) is 0 Å². The van der Waals surface area contributed by atoms with Gasteiger partial charge in [0, 0.05) is 17.4 Å². The van der Waals surface area contributed by atoms with Gasteiger partial charge < -0.3 is 9.88 Å². The van der Waals surface area contributed by atoms with Crippen molar-refractivity contribution < 1.29 is 13.2 Å². The normalized spacial score (nSPS) is 12.6. The summed E-state index contributed by atoms with van der Waals surface area (Å²) in [6.45, 7) is 2.55. The number of halogens is 3. The molecule has 2 rings (SSSR count). The number of nitrogens with one attached hydrogen (secondary N) is 1. The summed E-state index contributed by atoms with van der Waals surface area (Å²) in [7, 11) is 3.73. The van der Waals surface area contributed by atoms with Crippen LogP contribution in [-0.4, -0.2) is 30.5 Å². The Hall–Kier alpha value is -1.49. The van der Waals surface area contributed by atoms with Gasteiger partial charge in [-0.25, -0.2) is 0 Å². The van der Waals surface area contributed by atoms with Crippen molar-refractivity contribution in [3.63, 3.8) is 0 Å². The number of fused-ring (bicyclic) bond motifs is 1. The minimum atomic E-state index is -4.34. The Balaban J connectivity index is 2.63. The average molecular weight is 284 g/mol. The highest BCUT2D eigenvalue weighted by Gasteiger charge is 2.36. The van der Waals surface area contributed by atoms with Gasteiger partial charge in [-0.1, -0.05) is 19.1 Å². The lowest BCUT2D eigenvalue weighted by molar-refractivity contribution is -0.141. The molecule has 0 amide bonds. The van der Waals surface area contributed by atoms with Crippen molar-refractivity contribution in [3.05, 3.63) is 35.0 Å². The highest BCUT2D eigenvalue weighted by Crippen LogP contribution is 2.37. The third-order valence-electron chi connectivity index (χ3n) is 3.49. The molecule has 0 aliphatic heterocycles. The van der Waals surface area contributed by atoms with Crippen molar-refractivity contribution in [1.29, 1.82) is 0 Å². The predicted octanol–water partition coefficient (Wildman–Crippen LogP) is 3.85. The van der Waals surface area contributed by atoms with Gasteiger partial charge in [0.05, 0.1) is 0 Å². The molecular weight excluding hydrogens is 265 g/mol. The van der Waals surface area contributed by atoms with E-state index in [1.54, 1.807) is 12.1 Å². The van der Waals surface area contributed by atoms with Gasteiger partial charge in [0.1, 0.15) is 5.69 Å². The zero-order valence-corrected chi connectivity index (χ0v) is 11.9. The lowest BCUT2D eigenvalue weighted by Gasteiger charge is -2.13. The molecule has 0 fully saturated rings. The Morgan fingerprint density at radius 3 is 2.45 bits per heavy atom. The minimum Gasteiger partial charge on any atom is -0.351 e. The number of nitrogens with zero attached hydrogens (tertiary/aromatic N) is 1. The summed E-state index contributed by atoms with van der Waals surface area (Å²) in [4.78, 5) is 4.46. The highest BCUT2D eigenvalue weighted by atomic mass is 19.4. The van der Waals surface area contributed by atoms with Gasteiger partial charge >= 0.3 is 6.18 Å². The van der Waals surface area contributed by atoms with Crippen LogP contribution >= 0.6 is 0 Å². The summed E-state index contributed by atoms with van der Waals surface area (Å²) in [5.74, 6) is 0. The topological polar surface area (TPSA) is 19.0 Å². The molecule has 1 aromatic carbocycles. The Bertz CT molecular complexity index is 597. The fourth-order valence-electron chi connectivity index (χ4n) is 2.52. The number of rotatable bonds is 4. The molecule has 0 aliphatic rings. The van der Waals surface area contributed by atoms with Gasteiger partial charge in [0.2, 0.25) is 0 Å². The molecule has 1 N–H and O–H groups in total. The second-order valence-electron chi connectivity index (χ2n) is 5.22. The molecule has 0 radical (unpaired) electrons. The van der Waals surface area contributed by atoms with E-state index in [2.05, 4.69) is 4.98 Å². The van der Waals surface area contributed by atoms with E-state index in [-0.39, 0.29) is 0 Å². The highest BCUT2D eigenvalue weighted by molar-refractivity contribution is 5.88. The molecule has 0 bridgehead atoms. The van der Waals surface area contributed by atoms with Crippen LogP contribution in [0.1, 0.15) is 23.7 Å². The van der Waals surface area contributed by atoms with E-state index in [1.807, 2.05) is 32.0 Å². The molecule has 2 aromatic rings. The number of H-pyrrole nitrogens is 1. The monoisotopic (exact) mass is 284 g/mol. The van der Waals surface area contributed by atoms with Crippen LogP contribution in [0, 0.1) is 0 Å². The lowest BCUT2D eigenvalue weighted by Crippen LogP contribution is -2.17. The number of aromatic nitrogens is 1. The summed E-state index contributed by atoms with van der Waals surface area (Å²) in [5, 5.41) is 0.740. The third-order valence-corrected chi connectivity index (χ3v) is 3.49. The second kappa shape index (κ2) is 5.48. The SMILES string of the molecule is CCc1cccc2[nH]c(C(F)(F)F)c(CCN(C)C)c12. The van der Waals surface area contributed by atoms with E-state index in [1.165, 1.54) is 0 Å². The molecule has 20 heavy (non-hydrogen) atoms. The first-order valence-electron chi connectivity index (χ1n) is 6.69. The number of likely N-dealkylation sites (N-methyl/N-ethyl adjacent to an activating group) is 1. The fraction of sp³-hybridized carbons (Fsp3) is 0.467. The van der Waals surface area contributed by atoms with Crippen LogP contribution < -0.4 is 0 Å². The summed E-state index contributed by atoms with van der Waals surface area (Å²) in [6, 6.07) is 5.41. The Morgan fingerprint density at radius 2 is 1.90 bits per heavy atom. The van der Waals surface area contributed by atoms with Crippen molar-refractivity contribution in [2.24, 2.45) is 0 Å². The Labute approximate surface area is 116 Å². The molecule has 0 aliphatic carbocycles. The zero-order valence-electron chi connectivity index (χ0n) is 11.9. The molecule has 1 aromatic heterocycles. The van der Waals surface area contributed by atoms with Gasteiger partial charge in [-0.2, -0.15) is 13.2 Å². The first-order valence-corrected chi connectivity index (χ1v) is 6.69. The molecule has 5 heteroatoms. The van der Waals surface area contributed by atoms with Gasteiger partial charge in [-0.3, -0.25) is 0 Å². The standard InChI is InChI=1S/C15H19F3N2/c1-4-10-6-5-7-12-13(10)11(8-9-20(2)3)14(19-12)15(16,17)18/h5-7,19H,4,8-9H2,1-3H3.